The van der Waals surface area contributed by atoms with Crippen LogP contribution < -0.4 is 11.1 Å². The highest BCUT2D eigenvalue weighted by atomic mass is 16.3. The predicted molar refractivity (Wildman–Crippen MR) is 67.7 cm³/mol. The van der Waals surface area contributed by atoms with Crippen LogP contribution >= 0.6 is 0 Å². The van der Waals surface area contributed by atoms with E-state index in [1.165, 1.54) is 13.1 Å². The second kappa shape index (κ2) is 6.97. The maximum absolute atomic E-state index is 11.6. The van der Waals surface area contributed by atoms with Gasteiger partial charge in [0, 0.05) is 12.4 Å². The molecule has 8 nitrogen and oxygen atoms in total. The van der Waals surface area contributed by atoms with Crippen molar-refractivity contribution < 1.29 is 14.7 Å². The molecule has 1 aromatic rings. The monoisotopic (exact) mass is 263 g/mol. The van der Waals surface area contributed by atoms with Crippen LogP contribution in [0.1, 0.15) is 6.92 Å². The lowest BCUT2D eigenvalue weighted by Crippen LogP contribution is -2.36. The normalized spacial score (nSPS) is 12.1. The van der Waals surface area contributed by atoms with Gasteiger partial charge in [-0.1, -0.05) is 0 Å². The highest BCUT2D eigenvalue weighted by Crippen LogP contribution is 2.05. The fraction of sp³-hybridized carbons (Fsp3) is 0.182. The smallest absolute Gasteiger partial charge is 0.262 e. The first-order chi connectivity index (χ1) is 9.04. The van der Waals surface area contributed by atoms with Crippen molar-refractivity contribution in [3.63, 3.8) is 0 Å². The quantitative estimate of drug-likeness (QED) is 0.385. The zero-order valence-electron chi connectivity index (χ0n) is 10.2. The number of aliphatic hydroxyl groups excluding tert-OH is 1. The van der Waals surface area contributed by atoms with Gasteiger partial charge in [-0.3, -0.25) is 14.9 Å². The number of hydrogen-bond acceptors (Lipinski definition) is 7. The molecule has 0 aromatic carbocycles. The second-order valence-electron chi connectivity index (χ2n) is 3.42. The molecule has 0 spiro atoms. The van der Waals surface area contributed by atoms with Crippen molar-refractivity contribution in [2.24, 2.45) is 10.7 Å². The highest BCUT2D eigenvalue weighted by molar-refractivity contribution is 6.17. The van der Waals surface area contributed by atoms with E-state index in [4.69, 9.17) is 5.73 Å². The van der Waals surface area contributed by atoms with Crippen molar-refractivity contribution in [3.8, 4) is 0 Å². The minimum absolute atomic E-state index is 0.160. The molecule has 0 aliphatic heterocycles. The lowest BCUT2D eigenvalue weighted by atomic mass is 10.2. The average molecular weight is 263 g/mol. The topological polar surface area (TPSA) is 131 Å². The number of imide groups is 1. The molecule has 0 saturated heterocycles. The Kier molecular flexibility index (Phi) is 5.30. The molecule has 0 radical (unpaired) electrons. The summed E-state index contributed by atoms with van der Waals surface area (Å²) in [7, 11) is 0. The molecule has 2 amide bonds. The number of amides is 2. The van der Waals surface area contributed by atoms with E-state index < -0.39 is 11.8 Å². The van der Waals surface area contributed by atoms with Gasteiger partial charge in [-0.05, 0) is 19.1 Å². The number of nitrogens with two attached hydrogens (primary N) is 1. The van der Waals surface area contributed by atoms with Gasteiger partial charge in [0.25, 0.3) is 5.91 Å². The molecule has 0 fully saturated rings. The Morgan fingerprint density at radius 3 is 2.84 bits per heavy atom. The molecule has 1 rings (SSSR count). The van der Waals surface area contributed by atoms with E-state index in [1.54, 1.807) is 12.1 Å². The van der Waals surface area contributed by atoms with E-state index in [1.807, 2.05) is 5.32 Å². The second-order valence-corrected chi connectivity index (χ2v) is 3.42. The van der Waals surface area contributed by atoms with Crippen LogP contribution in [0.4, 0.5) is 5.82 Å². The number of aliphatic hydroxyl groups is 1. The van der Waals surface area contributed by atoms with Crippen LogP contribution in [0.25, 0.3) is 0 Å². The Morgan fingerprint density at radius 2 is 2.32 bits per heavy atom. The van der Waals surface area contributed by atoms with Crippen molar-refractivity contribution in [2.75, 3.05) is 6.54 Å². The number of aliphatic imine (C=N–C) groups is 1. The Labute approximate surface area is 109 Å². The summed E-state index contributed by atoms with van der Waals surface area (Å²) < 4.78 is 0. The molecule has 8 heteroatoms. The van der Waals surface area contributed by atoms with Gasteiger partial charge < -0.3 is 10.8 Å². The van der Waals surface area contributed by atoms with Crippen molar-refractivity contribution in [1.29, 1.82) is 0 Å². The molecule has 0 unspecified atom stereocenters. The standard InChI is InChI=1S/C11H13N5O3/c1-7(17)8(11(19)15-10(18)5-12)6-13-9-3-2-4-14-16-9/h2-4,6,17H,5,12H2,1H3,(H,15,18,19)/b8-7-,13-6?. The lowest BCUT2D eigenvalue weighted by Gasteiger charge is -2.03. The molecule has 4 N–H and O–H groups in total. The van der Waals surface area contributed by atoms with Gasteiger partial charge >= 0.3 is 0 Å². The van der Waals surface area contributed by atoms with Crippen molar-refractivity contribution in [1.82, 2.24) is 15.5 Å². The van der Waals surface area contributed by atoms with Crippen LogP contribution in [0, 0.1) is 0 Å². The number of allylic oxidation sites excluding steroid dienone is 1. The largest absolute Gasteiger partial charge is 0.512 e. The van der Waals surface area contributed by atoms with E-state index in [9.17, 15) is 14.7 Å². The van der Waals surface area contributed by atoms with Crippen molar-refractivity contribution >= 4 is 23.8 Å². The number of rotatable bonds is 4. The summed E-state index contributed by atoms with van der Waals surface area (Å²) in [5.41, 5.74) is 4.91. The van der Waals surface area contributed by atoms with Crippen LogP contribution in [0.15, 0.2) is 34.7 Å². The molecule has 1 heterocycles. The van der Waals surface area contributed by atoms with Crippen LogP contribution in [0.2, 0.25) is 0 Å². The summed E-state index contributed by atoms with van der Waals surface area (Å²) in [5, 5.41) is 18.7. The van der Waals surface area contributed by atoms with E-state index in [-0.39, 0.29) is 23.7 Å². The van der Waals surface area contributed by atoms with Gasteiger partial charge in [0.15, 0.2) is 5.82 Å². The number of nitrogens with one attached hydrogen (secondary N) is 1. The van der Waals surface area contributed by atoms with Gasteiger partial charge in [-0.25, -0.2) is 4.99 Å². The average Bonchev–Trinajstić information content (AvgIpc) is 2.39. The number of carbonyl (C=O) groups excluding carboxylic acids is 2. The summed E-state index contributed by atoms with van der Waals surface area (Å²) in [6.07, 6.45) is 2.57. The fourth-order valence-electron chi connectivity index (χ4n) is 1.05. The van der Waals surface area contributed by atoms with E-state index in [0.29, 0.717) is 0 Å². The molecule has 19 heavy (non-hydrogen) atoms. The SMILES string of the molecule is C/C(O)=C(\C=Nc1cccnn1)C(=O)NC(=O)CN. The lowest BCUT2D eigenvalue weighted by molar-refractivity contribution is -0.127. The summed E-state index contributed by atoms with van der Waals surface area (Å²) in [5.74, 6) is -1.46. The van der Waals surface area contributed by atoms with E-state index in [2.05, 4.69) is 15.2 Å². The minimum Gasteiger partial charge on any atom is -0.512 e. The predicted octanol–water partition coefficient (Wildman–Crippen LogP) is -0.388. The van der Waals surface area contributed by atoms with Crippen LogP contribution in [-0.4, -0.2) is 39.9 Å². The molecule has 0 aliphatic rings. The van der Waals surface area contributed by atoms with Crippen molar-refractivity contribution in [3.05, 3.63) is 29.7 Å². The number of hydrogen-bond donors (Lipinski definition) is 3. The van der Waals surface area contributed by atoms with Crippen LogP contribution in [0.5, 0.6) is 0 Å². The minimum atomic E-state index is -0.789. The third-order valence-electron chi connectivity index (χ3n) is 1.96. The third kappa shape index (κ3) is 4.64. The number of aromatic nitrogens is 2. The Morgan fingerprint density at radius 1 is 1.58 bits per heavy atom. The molecule has 0 saturated carbocycles. The maximum atomic E-state index is 11.6. The van der Waals surface area contributed by atoms with Gasteiger partial charge in [-0.2, -0.15) is 5.10 Å². The van der Waals surface area contributed by atoms with Crippen molar-refractivity contribution in [2.45, 2.75) is 6.92 Å². The first kappa shape index (κ1) is 14.5. The first-order valence-electron chi connectivity index (χ1n) is 5.30. The molecule has 100 valence electrons. The first-order valence-corrected chi connectivity index (χ1v) is 5.30. The fourth-order valence-corrected chi connectivity index (χ4v) is 1.05. The van der Waals surface area contributed by atoms with Gasteiger partial charge in [-0.15, -0.1) is 5.10 Å². The Balaban J connectivity index is 2.86. The molecular weight excluding hydrogens is 250 g/mol. The Hall–Kier alpha value is -2.61. The van der Waals surface area contributed by atoms with E-state index >= 15 is 0 Å². The zero-order valence-corrected chi connectivity index (χ0v) is 10.2. The maximum Gasteiger partial charge on any atom is 0.262 e. The summed E-state index contributed by atoms with van der Waals surface area (Å²) in [4.78, 5) is 26.5. The third-order valence-corrected chi connectivity index (χ3v) is 1.96. The zero-order chi connectivity index (χ0) is 14.3. The molecule has 0 atom stereocenters. The van der Waals surface area contributed by atoms with Crippen LogP contribution in [-0.2, 0) is 9.59 Å². The molecule has 0 aliphatic carbocycles. The van der Waals surface area contributed by atoms with E-state index in [0.717, 1.165) is 6.21 Å². The van der Waals surface area contributed by atoms with Crippen LogP contribution in [0.3, 0.4) is 0 Å². The summed E-state index contributed by atoms with van der Waals surface area (Å²) in [6, 6.07) is 3.18. The Bertz CT molecular complexity index is 520. The number of nitrogens with zero attached hydrogens (tertiary/aromatic N) is 3. The summed E-state index contributed by atoms with van der Waals surface area (Å²) in [6.45, 7) is 0.968. The number of carbonyl (C=O) groups is 2. The van der Waals surface area contributed by atoms with Gasteiger partial charge in [0.2, 0.25) is 5.91 Å². The highest BCUT2D eigenvalue weighted by Gasteiger charge is 2.13. The summed E-state index contributed by atoms with van der Waals surface area (Å²) >= 11 is 0. The molecule has 0 bridgehead atoms. The van der Waals surface area contributed by atoms with Gasteiger partial charge in [0.05, 0.1) is 12.1 Å². The molecule has 1 aromatic heterocycles. The molecular formula is C11H13N5O3. The van der Waals surface area contributed by atoms with Gasteiger partial charge in [0.1, 0.15) is 5.76 Å².